The maximum atomic E-state index is 6.24. The van der Waals surface area contributed by atoms with E-state index >= 15 is 0 Å². The van der Waals surface area contributed by atoms with Crippen LogP contribution in [-0.2, 0) is 0 Å². The van der Waals surface area contributed by atoms with Gasteiger partial charge < -0.3 is 5.32 Å². The lowest BCUT2D eigenvalue weighted by atomic mass is 10.1. The van der Waals surface area contributed by atoms with Crippen LogP contribution in [0.5, 0.6) is 0 Å². The lowest BCUT2D eigenvalue weighted by molar-refractivity contribution is 0.248. The van der Waals surface area contributed by atoms with E-state index in [-0.39, 0.29) is 0 Å². The second-order valence-electron chi connectivity index (χ2n) is 4.93. The topological polar surface area (TPSA) is 15.3 Å². The maximum absolute atomic E-state index is 6.24. The first-order valence-electron chi connectivity index (χ1n) is 6.74. The van der Waals surface area contributed by atoms with Crippen molar-refractivity contribution in [1.29, 1.82) is 0 Å². The van der Waals surface area contributed by atoms with Gasteiger partial charge in [0.1, 0.15) is 0 Å². The van der Waals surface area contributed by atoms with Crippen molar-refractivity contribution in [2.24, 2.45) is 0 Å². The largest absolute Gasteiger partial charge is 0.314 e. The second-order valence-corrected chi connectivity index (χ2v) is 5.33. The summed E-state index contributed by atoms with van der Waals surface area (Å²) in [7, 11) is 2.16. The van der Waals surface area contributed by atoms with Crippen LogP contribution in [0.15, 0.2) is 24.3 Å². The fourth-order valence-electron chi connectivity index (χ4n) is 2.09. The van der Waals surface area contributed by atoms with E-state index in [0.29, 0.717) is 12.1 Å². The molecule has 0 spiro atoms. The average molecular weight is 269 g/mol. The normalized spacial score (nSPS) is 14.8. The van der Waals surface area contributed by atoms with E-state index in [1.807, 2.05) is 18.2 Å². The molecule has 0 aliphatic heterocycles. The molecule has 1 N–H and O–H groups in total. The van der Waals surface area contributed by atoms with Crippen LogP contribution in [0.1, 0.15) is 38.8 Å². The van der Waals surface area contributed by atoms with Crippen molar-refractivity contribution in [3.8, 4) is 0 Å². The Labute approximate surface area is 116 Å². The molecule has 0 bridgehead atoms. The molecule has 1 rings (SSSR count). The van der Waals surface area contributed by atoms with Crippen molar-refractivity contribution < 1.29 is 0 Å². The average Bonchev–Trinajstić information content (AvgIpc) is 2.36. The summed E-state index contributed by atoms with van der Waals surface area (Å²) in [6.45, 7) is 8.69. The highest BCUT2D eigenvalue weighted by Crippen LogP contribution is 2.26. The number of nitrogens with one attached hydrogen (secondary N) is 1. The Balaban J connectivity index is 2.51. The molecule has 102 valence electrons. The van der Waals surface area contributed by atoms with E-state index in [2.05, 4.69) is 44.1 Å². The zero-order valence-electron chi connectivity index (χ0n) is 11.9. The summed E-state index contributed by atoms with van der Waals surface area (Å²) in [6, 6.07) is 9.02. The van der Waals surface area contributed by atoms with Crippen LogP contribution in [0.4, 0.5) is 0 Å². The number of hydrogen-bond donors (Lipinski definition) is 1. The quantitative estimate of drug-likeness (QED) is 0.811. The molecule has 2 atom stereocenters. The predicted molar refractivity (Wildman–Crippen MR) is 80.3 cm³/mol. The van der Waals surface area contributed by atoms with Gasteiger partial charge in [0.15, 0.2) is 0 Å². The molecule has 18 heavy (non-hydrogen) atoms. The molecule has 0 amide bonds. The molecule has 0 aliphatic rings. The van der Waals surface area contributed by atoms with Crippen LogP contribution in [0, 0.1) is 0 Å². The van der Waals surface area contributed by atoms with E-state index in [1.165, 1.54) is 5.56 Å². The smallest absolute Gasteiger partial charge is 0.0453 e. The van der Waals surface area contributed by atoms with E-state index in [1.54, 1.807) is 0 Å². The Bertz CT molecular complexity index is 354. The SMILES string of the molecule is CCNC(C)CCN(C)C(C)c1ccccc1Cl. The molecule has 0 saturated carbocycles. The minimum atomic E-state index is 0.354. The van der Waals surface area contributed by atoms with Gasteiger partial charge in [0.05, 0.1) is 0 Å². The molecule has 0 radical (unpaired) electrons. The first kappa shape index (κ1) is 15.5. The van der Waals surface area contributed by atoms with E-state index in [0.717, 1.165) is 24.5 Å². The molecule has 2 nitrogen and oxygen atoms in total. The lowest BCUT2D eigenvalue weighted by Gasteiger charge is -2.27. The summed E-state index contributed by atoms with van der Waals surface area (Å²) in [5, 5.41) is 4.30. The van der Waals surface area contributed by atoms with Crippen molar-refractivity contribution >= 4 is 11.6 Å². The summed E-state index contributed by atoms with van der Waals surface area (Å²) in [5.74, 6) is 0. The van der Waals surface area contributed by atoms with Gasteiger partial charge in [-0.05, 0) is 52.0 Å². The van der Waals surface area contributed by atoms with Gasteiger partial charge in [-0.25, -0.2) is 0 Å². The minimum absolute atomic E-state index is 0.354. The molecule has 0 heterocycles. The summed E-state index contributed by atoms with van der Waals surface area (Å²) in [6.07, 6.45) is 1.15. The summed E-state index contributed by atoms with van der Waals surface area (Å²) < 4.78 is 0. The van der Waals surface area contributed by atoms with Gasteiger partial charge in [-0.1, -0.05) is 36.7 Å². The highest BCUT2D eigenvalue weighted by molar-refractivity contribution is 6.31. The predicted octanol–water partition coefficient (Wildman–Crippen LogP) is 3.72. The molecule has 0 aliphatic carbocycles. The van der Waals surface area contributed by atoms with Crippen LogP contribution < -0.4 is 5.32 Å². The lowest BCUT2D eigenvalue weighted by Crippen LogP contribution is -2.31. The van der Waals surface area contributed by atoms with Gasteiger partial charge >= 0.3 is 0 Å². The van der Waals surface area contributed by atoms with E-state index < -0.39 is 0 Å². The molecule has 0 fully saturated rings. The number of nitrogens with zero attached hydrogens (tertiary/aromatic N) is 1. The highest BCUT2D eigenvalue weighted by Gasteiger charge is 2.14. The van der Waals surface area contributed by atoms with Gasteiger partial charge in [0.25, 0.3) is 0 Å². The van der Waals surface area contributed by atoms with Crippen molar-refractivity contribution in [3.63, 3.8) is 0 Å². The van der Waals surface area contributed by atoms with Gasteiger partial charge in [0.2, 0.25) is 0 Å². The molecular weight excluding hydrogens is 244 g/mol. The van der Waals surface area contributed by atoms with Crippen LogP contribution in [0.3, 0.4) is 0 Å². The van der Waals surface area contributed by atoms with Crippen molar-refractivity contribution in [3.05, 3.63) is 34.9 Å². The van der Waals surface area contributed by atoms with Crippen LogP contribution in [-0.4, -0.2) is 31.1 Å². The third-order valence-electron chi connectivity index (χ3n) is 3.48. The monoisotopic (exact) mass is 268 g/mol. The zero-order valence-corrected chi connectivity index (χ0v) is 12.7. The number of rotatable bonds is 7. The number of benzene rings is 1. The Hall–Kier alpha value is -0.570. The molecule has 0 aromatic heterocycles. The summed E-state index contributed by atoms with van der Waals surface area (Å²) in [5.41, 5.74) is 1.21. The molecule has 3 heteroatoms. The van der Waals surface area contributed by atoms with Crippen molar-refractivity contribution in [2.45, 2.75) is 39.3 Å². The summed E-state index contributed by atoms with van der Waals surface area (Å²) in [4.78, 5) is 2.36. The molecule has 1 aromatic rings. The van der Waals surface area contributed by atoms with E-state index in [4.69, 9.17) is 11.6 Å². The molecule has 0 saturated heterocycles. The standard InChI is InChI=1S/C15H25ClN2/c1-5-17-12(2)10-11-18(4)13(3)14-8-6-7-9-15(14)16/h6-9,12-13,17H,5,10-11H2,1-4H3. The fourth-order valence-corrected chi connectivity index (χ4v) is 2.39. The van der Waals surface area contributed by atoms with Crippen LogP contribution in [0.25, 0.3) is 0 Å². The zero-order chi connectivity index (χ0) is 13.5. The third kappa shape index (κ3) is 4.60. The maximum Gasteiger partial charge on any atom is 0.0453 e. The van der Waals surface area contributed by atoms with Crippen LogP contribution >= 0.6 is 11.6 Å². The number of hydrogen-bond acceptors (Lipinski definition) is 2. The Morgan fingerprint density at radius 1 is 1.28 bits per heavy atom. The first-order chi connectivity index (χ1) is 8.56. The second kappa shape index (κ2) is 7.78. The van der Waals surface area contributed by atoms with Crippen molar-refractivity contribution in [1.82, 2.24) is 10.2 Å². The third-order valence-corrected chi connectivity index (χ3v) is 3.83. The van der Waals surface area contributed by atoms with Gasteiger partial charge in [0, 0.05) is 17.1 Å². The van der Waals surface area contributed by atoms with Crippen LogP contribution in [0.2, 0.25) is 5.02 Å². The van der Waals surface area contributed by atoms with Gasteiger partial charge in [-0.3, -0.25) is 4.90 Å². The fraction of sp³-hybridized carbons (Fsp3) is 0.600. The molecule has 1 aromatic carbocycles. The Morgan fingerprint density at radius 3 is 2.56 bits per heavy atom. The number of halogens is 1. The summed E-state index contributed by atoms with van der Waals surface area (Å²) >= 11 is 6.24. The Kier molecular flexibility index (Phi) is 6.69. The van der Waals surface area contributed by atoms with Crippen molar-refractivity contribution in [2.75, 3.05) is 20.1 Å². The van der Waals surface area contributed by atoms with Gasteiger partial charge in [-0.15, -0.1) is 0 Å². The molecular formula is C15H25ClN2. The first-order valence-corrected chi connectivity index (χ1v) is 7.12. The van der Waals surface area contributed by atoms with E-state index in [9.17, 15) is 0 Å². The molecule has 2 unspecified atom stereocenters. The highest BCUT2D eigenvalue weighted by atomic mass is 35.5. The minimum Gasteiger partial charge on any atom is -0.314 e. The van der Waals surface area contributed by atoms with Gasteiger partial charge in [-0.2, -0.15) is 0 Å². The Morgan fingerprint density at radius 2 is 1.94 bits per heavy atom.